The van der Waals surface area contributed by atoms with Crippen LogP contribution in [0.1, 0.15) is 16.7 Å². The molecule has 0 bridgehead atoms. The van der Waals surface area contributed by atoms with Crippen molar-refractivity contribution in [1.29, 1.82) is 0 Å². The molecule has 0 saturated carbocycles. The van der Waals surface area contributed by atoms with Crippen molar-refractivity contribution in [1.82, 2.24) is 10.2 Å². The molecule has 6 heteroatoms. The fourth-order valence-corrected chi connectivity index (χ4v) is 3.44. The Kier molecular flexibility index (Phi) is 4.39. The molecule has 3 aromatic rings. The van der Waals surface area contributed by atoms with Gasteiger partial charge in [0, 0.05) is 0 Å². The van der Waals surface area contributed by atoms with Crippen molar-refractivity contribution in [2.75, 3.05) is 0 Å². The highest BCUT2D eigenvalue weighted by molar-refractivity contribution is 6.09. The second kappa shape index (κ2) is 6.88. The minimum atomic E-state index is -1.55. The number of nitrogens with zero attached hydrogens (tertiary/aromatic N) is 1. The van der Waals surface area contributed by atoms with Crippen LogP contribution >= 0.6 is 0 Å². The average Bonchev–Trinajstić information content (AvgIpc) is 2.95. The summed E-state index contributed by atoms with van der Waals surface area (Å²) >= 11 is 0. The van der Waals surface area contributed by atoms with Gasteiger partial charge in [-0.1, -0.05) is 54.6 Å². The Hall–Kier alpha value is -3.54. The van der Waals surface area contributed by atoms with Crippen LogP contribution in [0.25, 0.3) is 0 Å². The van der Waals surface area contributed by atoms with E-state index in [-0.39, 0.29) is 6.54 Å². The molecule has 0 atom stereocenters. The molecule has 1 saturated heterocycles. The van der Waals surface area contributed by atoms with E-state index in [1.165, 1.54) is 48.5 Å². The smallest absolute Gasteiger partial charge is 0.315 e. The molecular weight excluding hydrogens is 362 g/mol. The molecule has 0 radical (unpaired) electrons. The summed E-state index contributed by atoms with van der Waals surface area (Å²) in [6.07, 6.45) is 0. The molecule has 3 aromatic carbocycles. The number of halogens is 2. The maximum absolute atomic E-state index is 13.5. The zero-order valence-electron chi connectivity index (χ0n) is 14.7. The van der Waals surface area contributed by atoms with E-state index in [1.54, 1.807) is 0 Å². The Balaban J connectivity index is 1.82. The summed E-state index contributed by atoms with van der Waals surface area (Å²) in [5.74, 6) is -1.42. The topological polar surface area (TPSA) is 49.4 Å². The summed E-state index contributed by atoms with van der Waals surface area (Å²) in [6.45, 7) is 0.0929. The summed E-state index contributed by atoms with van der Waals surface area (Å²) in [5.41, 5.74) is 0.0386. The van der Waals surface area contributed by atoms with E-state index in [9.17, 15) is 18.4 Å². The van der Waals surface area contributed by atoms with Gasteiger partial charge in [-0.15, -0.1) is 0 Å². The van der Waals surface area contributed by atoms with E-state index in [1.807, 2.05) is 30.3 Å². The first-order valence-electron chi connectivity index (χ1n) is 8.71. The van der Waals surface area contributed by atoms with Crippen molar-refractivity contribution in [3.8, 4) is 0 Å². The molecule has 28 heavy (non-hydrogen) atoms. The standard InChI is InChI=1S/C22H16F2N2O2/c23-18-10-6-16(7-11-18)22(17-8-12-19(24)13-9-17)20(27)26(21(28)25-22)14-15-4-2-1-3-5-15/h1-13H,14H2,(H,25,28). The second-order valence-electron chi connectivity index (χ2n) is 6.57. The van der Waals surface area contributed by atoms with E-state index < -0.39 is 29.1 Å². The fraction of sp³-hybridized carbons (Fsp3) is 0.0909. The van der Waals surface area contributed by atoms with Crippen LogP contribution in [0.2, 0.25) is 0 Å². The first-order chi connectivity index (χ1) is 13.5. The van der Waals surface area contributed by atoms with E-state index in [0.29, 0.717) is 11.1 Å². The van der Waals surface area contributed by atoms with Gasteiger partial charge in [0.1, 0.15) is 11.6 Å². The average molecular weight is 378 g/mol. The lowest BCUT2D eigenvalue weighted by Crippen LogP contribution is -2.45. The molecule has 1 heterocycles. The minimum Gasteiger partial charge on any atom is -0.315 e. The van der Waals surface area contributed by atoms with E-state index >= 15 is 0 Å². The second-order valence-corrected chi connectivity index (χ2v) is 6.57. The maximum atomic E-state index is 13.5. The zero-order chi connectivity index (χ0) is 19.7. The highest BCUT2D eigenvalue weighted by Crippen LogP contribution is 2.36. The zero-order valence-corrected chi connectivity index (χ0v) is 14.7. The van der Waals surface area contributed by atoms with Crippen LogP contribution in [-0.2, 0) is 16.9 Å². The number of amides is 3. The lowest BCUT2D eigenvalue weighted by molar-refractivity contribution is -0.130. The van der Waals surface area contributed by atoms with E-state index in [2.05, 4.69) is 5.32 Å². The highest BCUT2D eigenvalue weighted by Gasteiger charge is 2.53. The molecule has 1 fully saturated rings. The van der Waals surface area contributed by atoms with Gasteiger partial charge >= 0.3 is 6.03 Å². The first kappa shape index (κ1) is 17.9. The van der Waals surface area contributed by atoms with E-state index in [4.69, 9.17) is 0 Å². The van der Waals surface area contributed by atoms with Crippen LogP contribution in [0.15, 0.2) is 78.9 Å². The van der Waals surface area contributed by atoms with Gasteiger partial charge in [0.15, 0.2) is 5.54 Å². The third-order valence-electron chi connectivity index (χ3n) is 4.84. The predicted octanol–water partition coefficient (Wildman–Crippen LogP) is 3.96. The van der Waals surface area contributed by atoms with Crippen LogP contribution in [0.4, 0.5) is 13.6 Å². The largest absolute Gasteiger partial charge is 0.325 e. The third-order valence-corrected chi connectivity index (χ3v) is 4.84. The molecule has 1 aliphatic rings. The Labute approximate surface area is 160 Å². The number of urea groups is 1. The molecular formula is C22H16F2N2O2. The van der Waals surface area contributed by atoms with Crippen LogP contribution in [0, 0.1) is 11.6 Å². The summed E-state index contributed by atoms with van der Waals surface area (Å²) in [6, 6.07) is 19.2. The molecule has 0 aliphatic carbocycles. The number of hydrogen-bond acceptors (Lipinski definition) is 2. The Morgan fingerprint density at radius 1 is 0.750 bits per heavy atom. The third kappa shape index (κ3) is 2.93. The number of rotatable bonds is 4. The Bertz CT molecular complexity index is 973. The summed E-state index contributed by atoms with van der Waals surface area (Å²) in [5, 5.41) is 2.75. The quantitative estimate of drug-likeness (QED) is 0.699. The van der Waals surface area contributed by atoms with Gasteiger partial charge < -0.3 is 5.32 Å². The number of nitrogens with one attached hydrogen (secondary N) is 1. The highest BCUT2D eigenvalue weighted by atomic mass is 19.1. The van der Waals surface area contributed by atoms with Crippen molar-refractivity contribution >= 4 is 11.9 Å². The Morgan fingerprint density at radius 2 is 1.25 bits per heavy atom. The summed E-state index contributed by atoms with van der Waals surface area (Å²) < 4.78 is 26.9. The molecule has 4 rings (SSSR count). The monoisotopic (exact) mass is 378 g/mol. The minimum absolute atomic E-state index is 0.0929. The SMILES string of the molecule is O=C1NC(c2ccc(F)cc2)(c2ccc(F)cc2)C(=O)N1Cc1ccccc1. The van der Waals surface area contributed by atoms with Gasteiger partial charge in [-0.25, -0.2) is 13.6 Å². The molecule has 0 aromatic heterocycles. The molecule has 4 nitrogen and oxygen atoms in total. The number of hydrogen-bond donors (Lipinski definition) is 1. The van der Waals surface area contributed by atoms with E-state index in [0.717, 1.165) is 10.5 Å². The number of imide groups is 1. The fourth-order valence-electron chi connectivity index (χ4n) is 3.44. The van der Waals surface area contributed by atoms with Crippen molar-refractivity contribution in [3.63, 3.8) is 0 Å². The molecule has 140 valence electrons. The van der Waals surface area contributed by atoms with Crippen molar-refractivity contribution in [2.45, 2.75) is 12.1 Å². The van der Waals surface area contributed by atoms with Gasteiger partial charge in [-0.2, -0.15) is 0 Å². The van der Waals surface area contributed by atoms with Gasteiger partial charge in [0.05, 0.1) is 6.54 Å². The van der Waals surface area contributed by atoms with Gasteiger partial charge in [0.2, 0.25) is 0 Å². The van der Waals surface area contributed by atoms with Crippen LogP contribution in [0.5, 0.6) is 0 Å². The van der Waals surface area contributed by atoms with Gasteiger partial charge in [0.25, 0.3) is 5.91 Å². The molecule has 0 unspecified atom stereocenters. The predicted molar refractivity (Wildman–Crippen MR) is 99.1 cm³/mol. The van der Waals surface area contributed by atoms with Crippen LogP contribution in [-0.4, -0.2) is 16.8 Å². The number of carbonyl (C=O) groups excluding carboxylic acids is 2. The lowest BCUT2D eigenvalue weighted by atomic mass is 9.82. The van der Waals surface area contributed by atoms with Crippen molar-refractivity contribution in [3.05, 3.63) is 107 Å². The maximum Gasteiger partial charge on any atom is 0.325 e. The Morgan fingerprint density at radius 3 is 1.75 bits per heavy atom. The van der Waals surface area contributed by atoms with Gasteiger partial charge in [-0.3, -0.25) is 9.69 Å². The molecule has 1 aliphatic heterocycles. The lowest BCUT2D eigenvalue weighted by Gasteiger charge is -2.28. The number of carbonyl (C=O) groups is 2. The summed E-state index contributed by atoms with van der Waals surface area (Å²) in [7, 11) is 0. The number of benzene rings is 3. The molecule has 1 N–H and O–H groups in total. The van der Waals surface area contributed by atoms with Crippen LogP contribution < -0.4 is 5.32 Å². The van der Waals surface area contributed by atoms with Crippen LogP contribution in [0.3, 0.4) is 0 Å². The molecule has 3 amide bonds. The van der Waals surface area contributed by atoms with Crippen molar-refractivity contribution in [2.24, 2.45) is 0 Å². The summed E-state index contributed by atoms with van der Waals surface area (Å²) in [4.78, 5) is 27.3. The normalized spacial score (nSPS) is 15.6. The first-order valence-corrected chi connectivity index (χ1v) is 8.71. The van der Waals surface area contributed by atoms with Crippen molar-refractivity contribution < 1.29 is 18.4 Å². The molecule has 0 spiro atoms. The van der Waals surface area contributed by atoms with Gasteiger partial charge in [-0.05, 0) is 41.0 Å².